The Morgan fingerprint density at radius 1 is 1.29 bits per heavy atom. The molecule has 21 heavy (non-hydrogen) atoms. The molecule has 0 amide bonds. The Morgan fingerprint density at radius 2 is 2.00 bits per heavy atom. The Morgan fingerprint density at radius 3 is 2.62 bits per heavy atom. The number of hydrogen-bond donors (Lipinski definition) is 0. The molecule has 0 saturated heterocycles. The monoisotopic (exact) mass is 307 g/mol. The van der Waals surface area contributed by atoms with E-state index in [0.717, 1.165) is 18.4 Å². The maximum Gasteiger partial charge on any atom is 0.360 e. The second-order valence-corrected chi connectivity index (χ2v) is 5.06. The molecule has 5 heteroatoms. The van der Waals surface area contributed by atoms with Crippen molar-refractivity contribution in [3.63, 3.8) is 0 Å². The number of ether oxygens (including phenoxy) is 1. The fourth-order valence-corrected chi connectivity index (χ4v) is 2.06. The van der Waals surface area contributed by atoms with E-state index in [1.54, 1.807) is 19.1 Å². The highest BCUT2D eigenvalue weighted by Gasteiger charge is 2.21. The van der Waals surface area contributed by atoms with Crippen molar-refractivity contribution in [2.45, 2.75) is 33.1 Å². The van der Waals surface area contributed by atoms with Crippen molar-refractivity contribution in [3.05, 3.63) is 40.7 Å². The number of unbranched alkanes of at least 4 members (excludes halogenated alkanes) is 1. The van der Waals surface area contributed by atoms with Crippen LogP contribution in [0.25, 0.3) is 11.5 Å². The van der Waals surface area contributed by atoms with E-state index in [-0.39, 0.29) is 5.69 Å². The molecule has 2 rings (SSSR count). The van der Waals surface area contributed by atoms with Crippen LogP contribution in [0.1, 0.15) is 42.9 Å². The van der Waals surface area contributed by atoms with Crippen LogP contribution in [0.2, 0.25) is 5.02 Å². The molecule has 0 radical (unpaired) electrons. The number of esters is 1. The highest BCUT2D eigenvalue weighted by atomic mass is 35.5. The molecule has 1 aromatic heterocycles. The molecule has 2 aromatic rings. The summed E-state index contributed by atoms with van der Waals surface area (Å²) < 4.78 is 10.8. The maximum absolute atomic E-state index is 12.0. The van der Waals surface area contributed by atoms with Gasteiger partial charge in [-0.25, -0.2) is 9.78 Å². The lowest BCUT2D eigenvalue weighted by Crippen LogP contribution is -2.07. The van der Waals surface area contributed by atoms with Gasteiger partial charge in [-0.05, 0) is 37.6 Å². The molecule has 0 aliphatic heterocycles. The summed E-state index contributed by atoms with van der Waals surface area (Å²) in [6.07, 6.45) is 2.62. The lowest BCUT2D eigenvalue weighted by molar-refractivity contribution is 0.0517. The average Bonchev–Trinajstić information content (AvgIpc) is 2.90. The standard InChI is InChI=1S/C16H18ClNO3/c1-3-5-6-13-14(16(19)20-4-2)18-15(21-13)11-7-9-12(17)10-8-11/h7-10H,3-6H2,1-2H3. The molecule has 0 bridgehead atoms. The summed E-state index contributed by atoms with van der Waals surface area (Å²) >= 11 is 5.87. The van der Waals surface area contributed by atoms with E-state index in [9.17, 15) is 4.79 Å². The van der Waals surface area contributed by atoms with Crippen LogP contribution in [0.3, 0.4) is 0 Å². The van der Waals surface area contributed by atoms with E-state index in [2.05, 4.69) is 11.9 Å². The van der Waals surface area contributed by atoms with Gasteiger partial charge in [-0.15, -0.1) is 0 Å². The molecule has 0 fully saturated rings. The number of hydrogen-bond acceptors (Lipinski definition) is 4. The third-order valence-electron chi connectivity index (χ3n) is 3.01. The van der Waals surface area contributed by atoms with Crippen molar-refractivity contribution in [2.75, 3.05) is 6.61 Å². The number of rotatable bonds is 6. The van der Waals surface area contributed by atoms with Gasteiger partial charge in [0.1, 0.15) is 5.76 Å². The SMILES string of the molecule is CCCCc1oc(-c2ccc(Cl)cc2)nc1C(=O)OCC. The van der Waals surface area contributed by atoms with Crippen LogP contribution in [0.5, 0.6) is 0 Å². The third-order valence-corrected chi connectivity index (χ3v) is 3.27. The van der Waals surface area contributed by atoms with Gasteiger partial charge in [0.25, 0.3) is 0 Å². The second kappa shape index (κ2) is 7.27. The number of carbonyl (C=O) groups is 1. The second-order valence-electron chi connectivity index (χ2n) is 4.62. The molecular formula is C16H18ClNO3. The number of oxazole rings is 1. The smallest absolute Gasteiger partial charge is 0.360 e. The highest BCUT2D eigenvalue weighted by molar-refractivity contribution is 6.30. The summed E-state index contributed by atoms with van der Waals surface area (Å²) in [5.41, 5.74) is 1.06. The summed E-state index contributed by atoms with van der Waals surface area (Å²) in [6.45, 7) is 4.17. The Balaban J connectivity index is 2.34. The normalized spacial score (nSPS) is 10.6. The number of nitrogens with zero attached hydrogens (tertiary/aromatic N) is 1. The molecule has 0 atom stereocenters. The Labute approximate surface area is 129 Å². The number of aromatic nitrogens is 1. The van der Waals surface area contributed by atoms with Gasteiger partial charge in [0.2, 0.25) is 5.89 Å². The van der Waals surface area contributed by atoms with Gasteiger partial charge in [-0.1, -0.05) is 24.9 Å². The summed E-state index contributed by atoms with van der Waals surface area (Å²) in [7, 11) is 0. The Hall–Kier alpha value is -1.81. The van der Waals surface area contributed by atoms with Crippen molar-refractivity contribution in [3.8, 4) is 11.5 Å². The van der Waals surface area contributed by atoms with Crippen LogP contribution in [0, 0.1) is 0 Å². The van der Waals surface area contributed by atoms with Gasteiger partial charge in [-0.2, -0.15) is 0 Å². The van der Waals surface area contributed by atoms with Crippen molar-refractivity contribution >= 4 is 17.6 Å². The van der Waals surface area contributed by atoms with Crippen LogP contribution in [-0.2, 0) is 11.2 Å². The van der Waals surface area contributed by atoms with Gasteiger partial charge in [0.05, 0.1) is 6.61 Å². The minimum atomic E-state index is -0.437. The van der Waals surface area contributed by atoms with Gasteiger partial charge in [0, 0.05) is 17.0 Å². The van der Waals surface area contributed by atoms with E-state index in [4.69, 9.17) is 20.8 Å². The Bertz CT molecular complexity index is 604. The minimum Gasteiger partial charge on any atom is -0.461 e. The molecule has 0 N–H and O–H groups in total. The topological polar surface area (TPSA) is 52.3 Å². The first-order valence-electron chi connectivity index (χ1n) is 7.08. The maximum atomic E-state index is 12.0. The van der Waals surface area contributed by atoms with Crippen LogP contribution >= 0.6 is 11.6 Å². The molecule has 0 aliphatic carbocycles. The van der Waals surface area contributed by atoms with Crippen molar-refractivity contribution in [1.29, 1.82) is 0 Å². The first-order valence-corrected chi connectivity index (χ1v) is 7.46. The van der Waals surface area contributed by atoms with Crippen LogP contribution in [0.15, 0.2) is 28.7 Å². The molecule has 0 saturated carbocycles. The summed E-state index contributed by atoms with van der Waals surface area (Å²) in [5.74, 6) is 0.564. The van der Waals surface area contributed by atoms with Crippen molar-refractivity contribution in [2.24, 2.45) is 0 Å². The zero-order valence-electron chi connectivity index (χ0n) is 12.2. The number of aryl methyl sites for hydroxylation is 1. The lowest BCUT2D eigenvalue weighted by atomic mass is 10.2. The molecule has 0 spiro atoms. The molecule has 0 unspecified atom stereocenters. The van der Waals surface area contributed by atoms with Crippen molar-refractivity contribution < 1.29 is 13.9 Å². The summed E-state index contributed by atoms with van der Waals surface area (Å²) in [6, 6.07) is 7.15. The molecule has 1 aromatic carbocycles. The van der Waals surface area contributed by atoms with E-state index in [1.165, 1.54) is 0 Å². The highest BCUT2D eigenvalue weighted by Crippen LogP contribution is 2.25. The van der Waals surface area contributed by atoms with Gasteiger partial charge < -0.3 is 9.15 Å². The largest absolute Gasteiger partial charge is 0.461 e. The number of benzene rings is 1. The fourth-order valence-electron chi connectivity index (χ4n) is 1.93. The average molecular weight is 308 g/mol. The zero-order chi connectivity index (χ0) is 15.2. The molecular weight excluding hydrogens is 290 g/mol. The number of carbonyl (C=O) groups excluding carboxylic acids is 1. The predicted octanol–water partition coefficient (Wildman–Crippen LogP) is 4.51. The van der Waals surface area contributed by atoms with Crippen LogP contribution < -0.4 is 0 Å². The third kappa shape index (κ3) is 3.85. The van der Waals surface area contributed by atoms with Gasteiger partial charge in [0.15, 0.2) is 5.69 Å². The van der Waals surface area contributed by atoms with E-state index in [0.29, 0.717) is 29.7 Å². The van der Waals surface area contributed by atoms with Crippen molar-refractivity contribution in [1.82, 2.24) is 4.98 Å². The Kier molecular flexibility index (Phi) is 5.39. The van der Waals surface area contributed by atoms with Crippen LogP contribution in [-0.4, -0.2) is 17.6 Å². The molecule has 0 aliphatic rings. The molecule has 4 nitrogen and oxygen atoms in total. The minimum absolute atomic E-state index is 0.273. The van der Waals surface area contributed by atoms with E-state index < -0.39 is 5.97 Å². The predicted molar refractivity (Wildman–Crippen MR) is 81.5 cm³/mol. The van der Waals surface area contributed by atoms with E-state index in [1.807, 2.05) is 12.1 Å². The van der Waals surface area contributed by atoms with Gasteiger partial charge in [-0.3, -0.25) is 0 Å². The zero-order valence-corrected chi connectivity index (χ0v) is 12.9. The van der Waals surface area contributed by atoms with E-state index >= 15 is 0 Å². The fraction of sp³-hybridized carbons (Fsp3) is 0.375. The molecule has 1 heterocycles. The molecule has 112 valence electrons. The van der Waals surface area contributed by atoms with Crippen LogP contribution in [0.4, 0.5) is 0 Å². The quantitative estimate of drug-likeness (QED) is 0.737. The van der Waals surface area contributed by atoms with Gasteiger partial charge >= 0.3 is 5.97 Å². The summed E-state index contributed by atoms with van der Waals surface area (Å²) in [5, 5.41) is 0.641. The lowest BCUT2D eigenvalue weighted by Gasteiger charge is -1.99. The first-order chi connectivity index (χ1) is 10.2. The number of halogens is 1. The first kappa shape index (κ1) is 15.6. The summed E-state index contributed by atoms with van der Waals surface area (Å²) in [4.78, 5) is 16.3.